The summed E-state index contributed by atoms with van der Waals surface area (Å²) in [6, 6.07) is 14.5. The second kappa shape index (κ2) is 7.53. The van der Waals surface area contributed by atoms with Gasteiger partial charge in [0, 0.05) is 31.4 Å². The van der Waals surface area contributed by atoms with E-state index < -0.39 is 0 Å². The van der Waals surface area contributed by atoms with Crippen molar-refractivity contribution in [3.05, 3.63) is 60.4 Å². The number of nitrogens with zero attached hydrogens (tertiary/aromatic N) is 1. The van der Waals surface area contributed by atoms with Gasteiger partial charge in [-0.3, -0.25) is 4.79 Å². The fourth-order valence-electron chi connectivity index (χ4n) is 2.25. The fraction of sp³-hybridized carbons (Fsp3) is 0.353. The molecule has 0 spiro atoms. The summed E-state index contributed by atoms with van der Waals surface area (Å²) in [5.41, 5.74) is 1.27. The molecule has 2 rings (SSSR count). The van der Waals surface area contributed by atoms with Crippen LogP contribution in [-0.4, -0.2) is 16.5 Å². The first-order valence-electron chi connectivity index (χ1n) is 7.22. The van der Waals surface area contributed by atoms with E-state index >= 15 is 0 Å². The number of amides is 1. The summed E-state index contributed by atoms with van der Waals surface area (Å²) < 4.78 is 2.03. The van der Waals surface area contributed by atoms with Crippen molar-refractivity contribution in [3.8, 4) is 0 Å². The van der Waals surface area contributed by atoms with Crippen molar-refractivity contribution in [1.82, 2.24) is 9.88 Å². The zero-order valence-electron chi connectivity index (χ0n) is 12.0. The van der Waals surface area contributed by atoms with Gasteiger partial charge in [-0.2, -0.15) is 0 Å². The van der Waals surface area contributed by atoms with Crippen LogP contribution >= 0.6 is 0 Å². The first-order valence-corrected chi connectivity index (χ1v) is 7.22. The van der Waals surface area contributed by atoms with E-state index in [4.69, 9.17) is 0 Å². The number of carbonyl (C=O) groups is 1. The van der Waals surface area contributed by atoms with E-state index in [1.165, 1.54) is 5.56 Å². The molecule has 0 saturated carbocycles. The molecule has 0 fully saturated rings. The first-order chi connectivity index (χ1) is 9.78. The number of nitrogens with one attached hydrogen (secondary N) is 1. The number of hydrogen-bond donors (Lipinski definition) is 1. The van der Waals surface area contributed by atoms with E-state index in [9.17, 15) is 4.79 Å². The van der Waals surface area contributed by atoms with Gasteiger partial charge >= 0.3 is 0 Å². The van der Waals surface area contributed by atoms with Gasteiger partial charge in [0.05, 0.1) is 0 Å². The SMILES string of the molecule is CC[C@@H](Cc1ccccc1)NC(=O)CCn1cccc1. The van der Waals surface area contributed by atoms with Crippen LogP contribution in [-0.2, 0) is 17.8 Å². The third-order valence-corrected chi connectivity index (χ3v) is 3.45. The predicted octanol–water partition coefficient (Wildman–Crippen LogP) is 3.02. The van der Waals surface area contributed by atoms with Crippen LogP contribution in [0.15, 0.2) is 54.9 Å². The monoisotopic (exact) mass is 270 g/mol. The van der Waals surface area contributed by atoms with Gasteiger partial charge in [-0.05, 0) is 30.5 Å². The Labute approximate surface area is 120 Å². The quantitative estimate of drug-likeness (QED) is 0.824. The van der Waals surface area contributed by atoms with E-state index in [0.29, 0.717) is 6.42 Å². The summed E-state index contributed by atoms with van der Waals surface area (Å²) in [7, 11) is 0. The van der Waals surface area contributed by atoms with E-state index in [1.807, 2.05) is 47.3 Å². The van der Waals surface area contributed by atoms with Crippen LogP contribution in [0.4, 0.5) is 0 Å². The van der Waals surface area contributed by atoms with Crippen LogP contribution < -0.4 is 5.32 Å². The van der Waals surface area contributed by atoms with Crippen molar-refractivity contribution >= 4 is 5.91 Å². The number of aromatic nitrogens is 1. The van der Waals surface area contributed by atoms with E-state index in [2.05, 4.69) is 24.4 Å². The molecule has 0 radical (unpaired) electrons. The molecule has 1 heterocycles. The summed E-state index contributed by atoms with van der Waals surface area (Å²) in [5.74, 6) is 0.126. The van der Waals surface area contributed by atoms with Crippen molar-refractivity contribution in [3.63, 3.8) is 0 Å². The lowest BCUT2D eigenvalue weighted by Crippen LogP contribution is -2.36. The molecule has 0 unspecified atom stereocenters. The standard InChI is InChI=1S/C17H22N2O/c1-2-16(14-15-8-4-3-5-9-15)18-17(20)10-13-19-11-6-7-12-19/h3-9,11-12,16H,2,10,13-14H2,1H3,(H,18,20)/t16-/m0/s1. The van der Waals surface area contributed by atoms with Gasteiger partial charge in [0.25, 0.3) is 0 Å². The van der Waals surface area contributed by atoms with Crippen LogP contribution in [0.2, 0.25) is 0 Å². The second-order valence-electron chi connectivity index (χ2n) is 5.03. The maximum absolute atomic E-state index is 12.0. The van der Waals surface area contributed by atoms with Gasteiger partial charge < -0.3 is 9.88 Å². The minimum absolute atomic E-state index is 0.126. The molecule has 1 atom stereocenters. The lowest BCUT2D eigenvalue weighted by atomic mass is 10.0. The van der Waals surface area contributed by atoms with Gasteiger partial charge in [0.2, 0.25) is 5.91 Å². The maximum Gasteiger partial charge on any atom is 0.222 e. The Hall–Kier alpha value is -2.03. The average Bonchev–Trinajstić information content (AvgIpc) is 2.99. The highest BCUT2D eigenvalue weighted by molar-refractivity contribution is 5.76. The predicted molar refractivity (Wildman–Crippen MR) is 81.4 cm³/mol. The zero-order chi connectivity index (χ0) is 14.2. The first kappa shape index (κ1) is 14.4. The van der Waals surface area contributed by atoms with Crippen LogP contribution in [0.5, 0.6) is 0 Å². The van der Waals surface area contributed by atoms with Crippen LogP contribution in [0.25, 0.3) is 0 Å². The summed E-state index contributed by atoms with van der Waals surface area (Å²) in [5, 5.41) is 3.13. The number of aryl methyl sites for hydroxylation is 1. The normalized spacial score (nSPS) is 12.1. The molecule has 3 nitrogen and oxygen atoms in total. The Balaban J connectivity index is 1.79. The Morgan fingerprint density at radius 3 is 2.50 bits per heavy atom. The van der Waals surface area contributed by atoms with E-state index in [0.717, 1.165) is 19.4 Å². The van der Waals surface area contributed by atoms with Gasteiger partial charge in [0.15, 0.2) is 0 Å². The molecule has 20 heavy (non-hydrogen) atoms. The van der Waals surface area contributed by atoms with Crippen molar-refractivity contribution in [2.24, 2.45) is 0 Å². The van der Waals surface area contributed by atoms with Gasteiger partial charge in [-0.25, -0.2) is 0 Å². The highest BCUT2D eigenvalue weighted by Crippen LogP contribution is 2.06. The maximum atomic E-state index is 12.0. The number of hydrogen-bond acceptors (Lipinski definition) is 1. The summed E-state index contributed by atoms with van der Waals surface area (Å²) in [6.07, 6.45) is 6.33. The average molecular weight is 270 g/mol. The molecule has 1 aromatic carbocycles. The molecule has 0 saturated heterocycles. The molecule has 106 valence electrons. The molecule has 2 aromatic rings. The van der Waals surface area contributed by atoms with Gasteiger partial charge in [0.1, 0.15) is 0 Å². The van der Waals surface area contributed by atoms with E-state index in [1.54, 1.807) is 0 Å². The second-order valence-corrected chi connectivity index (χ2v) is 5.03. The molecule has 1 amide bonds. The van der Waals surface area contributed by atoms with Crippen LogP contribution in [0.3, 0.4) is 0 Å². The molecule has 0 bridgehead atoms. The Kier molecular flexibility index (Phi) is 5.42. The van der Waals surface area contributed by atoms with Crippen LogP contribution in [0.1, 0.15) is 25.3 Å². The highest BCUT2D eigenvalue weighted by Gasteiger charge is 2.10. The molecule has 0 aliphatic heterocycles. The lowest BCUT2D eigenvalue weighted by molar-refractivity contribution is -0.122. The highest BCUT2D eigenvalue weighted by atomic mass is 16.1. The summed E-state index contributed by atoms with van der Waals surface area (Å²) in [6.45, 7) is 2.85. The minimum atomic E-state index is 0.126. The third kappa shape index (κ3) is 4.57. The van der Waals surface area contributed by atoms with Crippen molar-refractivity contribution in [2.75, 3.05) is 0 Å². The molecule has 1 aromatic heterocycles. The smallest absolute Gasteiger partial charge is 0.222 e. The van der Waals surface area contributed by atoms with Crippen molar-refractivity contribution < 1.29 is 4.79 Å². The molecule has 3 heteroatoms. The zero-order valence-corrected chi connectivity index (χ0v) is 12.0. The van der Waals surface area contributed by atoms with Crippen LogP contribution in [0, 0.1) is 0 Å². The summed E-state index contributed by atoms with van der Waals surface area (Å²) >= 11 is 0. The third-order valence-electron chi connectivity index (χ3n) is 3.45. The fourth-order valence-corrected chi connectivity index (χ4v) is 2.25. The van der Waals surface area contributed by atoms with Crippen molar-refractivity contribution in [1.29, 1.82) is 0 Å². The lowest BCUT2D eigenvalue weighted by Gasteiger charge is -2.17. The minimum Gasteiger partial charge on any atom is -0.354 e. The number of carbonyl (C=O) groups excluding carboxylic acids is 1. The molecular weight excluding hydrogens is 248 g/mol. The Morgan fingerprint density at radius 1 is 1.15 bits per heavy atom. The largest absolute Gasteiger partial charge is 0.354 e. The topological polar surface area (TPSA) is 34.0 Å². The molecular formula is C17H22N2O. The Morgan fingerprint density at radius 2 is 1.85 bits per heavy atom. The Bertz CT molecular complexity index is 505. The van der Waals surface area contributed by atoms with Gasteiger partial charge in [-0.1, -0.05) is 37.3 Å². The van der Waals surface area contributed by atoms with Crippen molar-refractivity contribution in [2.45, 2.75) is 38.8 Å². The molecule has 0 aliphatic rings. The molecule has 1 N–H and O–H groups in total. The van der Waals surface area contributed by atoms with Gasteiger partial charge in [-0.15, -0.1) is 0 Å². The van der Waals surface area contributed by atoms with E-state index in [-0.39, 0.29) is 11.9 Å². The molecule has 0 aliphatic carbocycles. The summed E-state index contributed by atoms with van der Waals surface area (Å²) in [4.78, 5) is 12.0. The number of rotatable bonds is 7. The number of benzene rings is 1.